The number of fused-ring (bicyclic) bond motifs is 7. The van der Waals surface area contributed by atoms with Gasteiger partial charge in [0.25, 0.3) is 0 Å². The SMILES string of the molecule is CC(=O)O[C@H]1C(=O)C[C@]2(C)[C@H]3CC=C4[C@H]5[C@](C(=O)O)(CC[C@@H](C)[C@@]5(C)O)CC[C@@]4(C)[C@]3(C)CC[C@H]2[C@@H]1C. The van der Waals surface area contributed by atoms with Gasteiger partial charge in [-0.25, -0.2) is 0 Å². The minimum absolute atomic E-state index is 0.0242. The second-order valence-electron chi connectivity index (χ2n) is 14.4. The number of carbonyl (C=O) groups excluding carboxylic acids is 2. The lowest BCUT2D eigenvalue weighted by atomic mass is 9.34. The smallest absolute Gasteiger partial charge is 0.310 e. The molecule has 6 nitrogen and oxygen atoms in total. The lowest BCUT2D eigenvalue weighted by molar-refractivity contribution is -0.208. The second kappa shape index (κ2) is 8.16. The van der Waals surface area contributed by atoms with Crippen LogP contribution in [0.15, 0.2) is 11.6 Å². The number of rotatable bonds is 2. The van der Waals surface area contributed by atoms with Gasteiger partial charge in [0.1, 0.15) is 0 Å². The fraction of sp³-hybridized carbons (Fsp3) is 0.839. The zero-order valence-electron chi connectivity index (χ0n) is 23.7. The summed E-state index contributed by atoms with van der Waals surface area (Å²) < 4.78 is 5.52. The van der Waals surface area contributed by atoms with Crippen molar-refractivity contribution in [3.63, 3.8) is 0 Å². The molecule has 0 bridgehead atoms. The summed E-state index contributed by atoms with van der Waals surface area (Å²) in [5, 5.41) is 22.4. The van der Waals surface area contributed by atoms with Gasteiger partial charge in [-0.2, -0.15) is 0 Å². The molecule has 4 fully saturated rings. The maximum absolute atomic E-state index is 13.4. The highest BCUT2D eigenvalue weighted by Crippen LogP contribution is 2.75. The van der Waals surface area contributed by atoms with E-state index >= 15 is 0 Å². The molecule has 0 aromatic rings. The Hall–Kier alpha value is -1.69. The molecule has 0 amide bonds. The molecule has 0 spiro atoms. The Morgan fingerprint density at radius 1 is 1.03 bits per heavy atom. The van der Waals surface area contributed by atoms with Gasteiger partial charge in [0.2, 0.25) is 0 Å². The summed E-state index contributed by atoms with van der Waals surface area (Å²) >= 11 is 0. The second-order valence-corrected chi connectivity index (χ2v) is 14.4. The van der Waals surface area contributed by atoms with Crippen molar-refractivity contribution in [1.82, 2.24) is 0 Å². The van der Waals surface area contributed by atoms with E-state index in [1.165, 1.54) is 6.92 Å². The van der Waals surface area contributed by atoms with E-state index in [0.29, 0.717) is 19.3 Å². The Kier molecular flexibility index (Phi) is 5.93. The number of carboxylic acid groups (broad SMARTS) is 1. The van der Waals surface area contributed by atoms with Crippen molar-refractivity contribution in [3.05, 3.63) is 11.6 Å². The average molecular weight is 515 g/mol. The zero-order valence-corrected chi connectivity index (χ0v) is 23.7. The summed E-state index contributed by atoms with van der Waals surface area (Å²) in [4.78, 5) is 38.0. The lowest BCUT2D eigenvalue weighted by Gasteiger charge is -2.70. The highest BCUT2D eigenvalue weighted by Gasteiger charge is 2.71. The summed E-state index contributed by atoms with van der Waals surface area (Å²) in [6.45, 7) is 14.4. The highest BCUT2D eigenvalue weighted by molar-refractivity contribution is 5.87. The van der Waals surface area contributed by atoms with E-state index in [0.717, 1.165) is 37.7 Å². The molecule has 2 N–H and O–H groups in total. The van der Waals surface area contributed by atoms with Crippen molar-refractivity contribution >= 4 is 17.7 Å². The van der Waals surface area contributed by atoms with Crippen LogP contribution in [0.3, 0.4) is 0 Å². The molecule has 0 saturated heterocycles. The summed E-state index contributed by atoms with van der Waals surface area (Å²) in [7, 11) is 0. The first kappa shape index (κ1) is 26.9. The number of hydrogen-bond acceptors (Lipinski definition) is 5. The minimum Gasteiger partial charge on any atom is -0.481 e. The third kappa shape index (κ3) is 3.29. The number of allylic oxidation sites excluding steroid dienone is 1. The van der Waals surface area contributed by atoms with Crippen LogP contribution in [-0.2, 0) is 19.1 Å². The quantitative estimate of drug-likeness (QED) is 0.369. The van der Waals surface area contributed by atoms with Crippen LogP contribution in [-0.4, -0.2) is 39.6 Å². The number of aliphatic hydroxyl groups is 1. The molecule has 0 aromatic heterocycles. The van der Waals surface area contributed by atoms with E-state index in [1.807, 2.05) is 6.92 Å². The monoisotopic (exact) mass is 514 g/mol. The molecule has 4 saturated carbocycles. The Morgan fingerprint density at radius 2 is 1.70 bits per heavy atom. The van der Waals surface area contributed by atoms with E-state index in [-0.39, 0.29) is 45.7 Å². The van der Waals surface area contributed by atoms with Crippen LogP contribution in [0.1, 0.15) is 99.8 Å². The standard InChI is InChI=1S/C31H46O6/c1-17-10-13-31(26(34)35)15-14-28(5)21(25(31)30(17,7)36)8-9-23-27(4)16-22(33)24(37-19(3)32)18(2)20(27)11-12-29(23,28)6/h8,17-18,20,23-25,36H,9-16H2,1-7H3,(H,34,35)/t17-,18+,20+,23-,24-,25-,27+,28-,29-,30-,31+/m1/s1. The number of carbonyl (C=O) groups is 3. The molecular formula is C31H46O6. The fourth-order valence-electron chi connectivity index (χ4n) is 10.7. The number of ketones is 1. The van der Waals surface area contributed by atoms with Crippen LogP contribution >= 0.6 is 0 Å². The first-order chi connectivity index (χ1) is 17.1. The number of esters is 1. The zero-order chi connectivity index (χ0) is 27.3. The van der Waals surface area contributed by atoms with Gasteiger partial charge in [0, 0.05) is 25.2 Å². The first-order valence-corrected chi connectivity index (χ1v) is 14.4. The van der Waals surface area contributed by atoms with Crippen molar-refractivity contribution < 1.29 is 29.3 Å². The summed E-state index contributed by atoms with van der Waals surface area (Å²) in [6.07, 6.45) is 7.50. The van der Waals surface area contributed by atoms with Crippen LogP contribution < -0.4 is 0 Å². The molecular weight excluding hydrogens is 468 g/mol. The molecule has 5 aliphatic rings. The van der Waals surface area contributed by atoms with E-state index < -0.39 is 35.0 Å². The van der Waals surface area contributed by atoms with E-state index in [4.69, 9.17) is 4.74 Å². The summed E-state index contributed by atoms with van der Waals surface area (Å²) in [5.41, 5.74) is -1.41. The van der Waals surface area contributed by atoms with Gasteiger partial charge >= 0.3 is 11.9 Å². The minimum atomic E-state index is -1.08. The number of ether oxygens (including phenoxy) is 1. The molecule has 6 heteroatoms. The number of carboxylic acids is 1. The van der Waals surface area contributed by atoms with Gasteiger partial charge in [0.15, 0.2) is 11.9 Å². The van der Waals surface area contributed by atoms with Crippen molar-refractivity contribution in [2.45, 2.75) is 112 Å². The molecule has 206 valence electrons. The van der Waals surface area contributed by atoms with Crippen LogP contribution in [0.4, 0.5) is 0 Å². The number of Topliss-reactive ketones (excluding diaryl/α,β-unsaturated/α-hetero) is 1. The molecule has 11 atom stereocenters. The van der Waals surface area contributed by atoms with Gasteiger partial charge in [-0.05, 0) is 85.9 Å². The predicted octanol–water partition coefficient (Wildman–Crippen LogP) is 5.56. The molecule has 0 aliphatic heterocycles. The van der Waals surface area contributed by atoms with Crippen molar-refractivity contribution in [2.75, 3.05) is 0 Å². The van der Waals surface area contributed by atoms with Crippen molar-refractivity contribution in [2.24, 2.45) is 51.2 Å². The lowest BCUT2D eigenvalue weighted by Crippen LogP contribution is -2.67. The molecule has 0 heterocycles. The van der Waals surface area contributed by atoms with Gasteiger partial charge in [-0.1, -0.05) is 46.3 Å². The third-order valence-corrected chi connectivity index (χ3v) is 13.1. The predicted molar refractivity (Wildman–Crippen MR) is 139 cm³/mol. The summed E-state index contributed by atoms with van der Waals surface area (Å²) in [6, 6.07) is 0. The van der Waals surface area contributed by atoms with Crippen molar-refractivity contribution in [1.29, 1.82) is 0 Å². The Bertz CT molecular complexity index is 1060. The largest absolute Gasteiger partial charge is 0.481 e. The van der Waals surface area contributed by atoms with E-state index in [2.05, 4.69) is 40.7 Å². The Labute approximate surface area is 221 Å². The number of aliphatic carboxylic acids is 1. The molecule has 37 heavy (non-hydrogen) atoms. The first-order valence-electron chi connectivity index (χ1n) is 14.4. The molecule has 0 unspecified atom stereocenters. The van der Waals surface area contributed by atoms with E-state index in [9.17, 15) is 24.6 Å². The maximum Gasteiger partial charge on any atom is 0.310 e. The van der Waals surface area contributed by atoms with E-state index in [1.54, 1.807) is 0 Å². The normalized spacial score (nSPS) is 53.1. The van der Waals surface area contributed by atoms with Gasteiger partial charge < -0.3 is 14.9 Å². The highest BCUT2D eigenvalue weighted by atomic mass is 16.5. The third-order valence-electron chi connectivity index (χ3n) is 13.1. The van der Waals surface area contributed by atoms with Gasteiger partial charge in [-0.3, -0.25) is 14.4 Å². The molecule has 5 rings (SSSR count). The Balaban J connectivity index is 1.59. The van der Waals surface area contributed by atoms with Crippen LogP contribution in [0.2, 0.25) is 0 Å². The number of hydrogen-bond donors (Lipinski definition) is 2. The molecule has 0 radical (unpaired) electrons. The average Bonchev–Trinajstić information content (AvgIpc) is 2.79. The van der Waals surface area contributed by atoms with Crippen LogP contribution in [0, 0.1) is 51.2 Å². The Morgan fingerprint density at radius 3 is 2.32 bits per heavy atom. The topological polar surface area (TPSA) is 101 Å². The fourth-order valence-corrected chi connectivity index (χ4v) is 10.7. The van der Waals surface area contributed by atoms with Crippen LogP contribution in [0.5, 0.6) is 0 Å². The van der Waals surface area contributed by atoms with Crippen LogP contribution in [0.25, 0.3) is 0 Å². The van der Waals surface area contributed by atoms with Gasteiger partial charge in [0.05, 0.1) is 11.0 Å². The summed E-state index contributed by atoms with van der Waals surface area (Å²) in [5.74, 6) is -0.979. The van der Waals surface area contributed by atoms with Crippen molar-refractivity contribution in [3.8, 4) is 0 Å². The molecule has 0 aromatic carbocycles. The van der Waals surface area contributed by atoms with Gasteiger partial charge in [-0.15, -0.1) is 0 Å². The molecule has 5 aliphatic carbocycles. The maximum atomic E-state index is 13.4.